The van der Waals surface area contributed by atoms with E-state index in [1.54, 1.807) is 26.2 Å². The Bertz CT molecular complexity index is 1380. The average molecular weight is 615 g/mol. The molecule has 1 N–H and O–H groups in total. The van der Waals surface area contributed by atoms with Crippen LogP contribution in [-0.2, 0) is 16.0 Å². The number of methoxy groups -OCH3 is 1. The van der Waals surface area contributed by atoms with E-state index in [-0.39, 0.29) is 18.3 Å². The molecule has 0 spiro atoms. The van der Waals surface area contributed by atoms with Crippen molar-refractivity contribution >= 4 is 17.8 Å². The molecule has 1 amide bonds. The van der Waals surface area contributed by atoms with E-state index in [9.17, 15) is 18.4 Å². The van der Waals surface area contributed by atoms with Crippen molar-refractivity contribution in [1.82, 2.24) is 25.4 Å². The van der Waals surface area contributed by atoms with Crippen LogP contribution in [0.1, 0.15) is 69.6 Å². The van der Waals surface area contributed by atoms with Crippen LogP contribution in [0.2, 0.25) is 0 Å². The van der Waals surface area contributed by atoms with E-state index in [1.165, 1.54) is 7.11 Å². The standard InChI is InChI=1S/C31H40F2N6O5/c1-18(2)13-25-36-28(38-44-25)21-16-34-31(35-17-21)39-10-8-20(9-11-39)7-6-12-43-22-14-23(32)26(24(33)15-22)29(40)37-27(19(3)4)30(41)42-5/h14-20,27H,6-13H2,1-5H3,(H,37,40)/t27-/m0/s1. The molecule has 4 rings (SSSR count). The quantitative estimate of drug-likeness (QED) is 0.207. The largest absolute Gasteiger partial charge is 0.493 e. The number of hydrogen-bond acceptors (Lipinski definition) is 10. The molecule has 2 aromatic heterocycles. The molecule has 1 aliphatic rings. The molecule has 13 heteroatoms. The average Bonchev–Trinajstić information content (AvgIpc) is 3.45. The van der Waals surface area contributed by atoms with Crippen molar-refractivity contribution in [2.45, 2.75) is 65.8 Å². The molecule has 3 heterocycles. The summed E-state index contributed by atoms with van der Waals surface area (Å²) < 4.78 is 45.0. The second-order valence-electron chi connectivity index (χ2n) is 11.8. The number of anilines is 1. The second-order valence-corrected chi connectivity index (χ2v) is 11.8. The second kappa shape index (κ2) is 15.0. The number of benzene rings is 1. The van der Waals surface area contributed by atoms with Crippen LogP contribution < -0.4 is 15.0 Å². The summed E-state index contributed by atoms with van der Waals surface area (Å²) in [5, 5.41) is 6.38. The highest BCUT2D eigenvalue weighted by Gasteiger charge is 2.28. The fraction of sp³-hybridized carbons (Fsp3) is 0.548. The van der Waals surface area contributed by atoms with Crippen molar-refractivity contribution in [3.63, 3.8) is 0 Å². The number of piperidine rings is 1. The molecule has 0 saturated carbocycles. The van der Waals surface area contributed by atoms with Gasteiger partial charge in [-0.25, -0.2) is 23.5 Å². The lowest BCUT2D eigenvalue weighted by molar-refractivity contribution is -0.144. The topological polar surface area (TPSA) is 133 Å². The summed E-state index contributed by atoms with van der Waals surface area (Å²) in [5.74, 6) is -1.56. The summed E-state index contributed by atoms with van der Waals surface area (Å²) in [4.78, 5) is 40.0. The number of esters is 1. The Morgan fingerprint density at radius 3 is 2.34 bits per heavy atom. The van der Waals surface area contributed by atoms with Crippen molar-refractivity contribution in [2.24, 2.45) is 17.8 Å². The SMILES string of the molecule is COC(=O)[C@@H](NC(=O)c1c(F)cc(OCCCC2CCN(c3ncc(-c4noc(CC(C)C)n4)cn3)CC2)cc1F)C(C)C. The lowest BCUT2D eigenvalue weighted by atomic mass is 9.92. The molecule has 0 aliphatic carbocycles. The maximum atomic E-state index is 14.7. The first-order chi connectivity index (χ1) is 21.0. The molecular formula is C31H40F2N6O5. The van der Waals surface area contributed by atoms with E-state index in [2.05, 4.69) is 48.9 Å². The zero-order valence-electron chi connectivity index (χ0n) is 25.8. The monoisotopic (exact) mass is 614 g/mol. The number of ether oxygens (including phenoxy) is 2. The Morgan fingerprint density at radius 1 is 1.09 bits per heavy atom. The molecule has 0 unspecified atom stereocenters. The summed E-state index contributed by atoms with van der Waals surface area (Å²) in [6, 6.07) is 0.925. The maximum absolute atomic E-state index is 14.7. The molecule has 44 heavy (non-hydrogen) atoms. The first-order valence-corrected chi connectivity index (χ1v) is 15.0. The minimum absolute atomic E-state index is 0.00249. The highest BCUT2D eigenvalue weighted by Crippen LogP contribution is 2.26. The van der Waals surface area contributed by atoms with E-state index in [4.69, 9.17) is 9.26 Å². The Balaban J connectivity index is 1.21. The fourth-order valence-electron chi connectivity index (χ4n) is 5.08. The van der Waals surface area contributed by atoms with Gasteiger partial charge < -0.3 is 24.2 Å². The molecule has 3 aromatic rings. The molecule has 1 fully saturated rings. The Hall–Kier alpha value is -4.16. The zero-order valence-corrected chi connectivity index (χ0v) is 25.8. The molecule has 238 valence electrons. The first-order valence-electron chi connectivity index (χ1n) is 15.0. The number of nitrogens with one attached hydrogen (secondary N) is 1. The van der Waals surface area contributed by atoms with Crippen LogP contribution in [0, 0.1) is 29.4 Å². The Kier molecular flexibility index (Phi) is 11.2. The van der Waals surface area contributed by atoms with Crippen LogP contribution in [0.5, 0.6) is 5.75 Å². The predicted octanol–water partition coefficient (Wildman–Crippen LogP) is 5.01. The normalized spacial score (nSPS) is 14.6. The van der Waals surface area contributed by atoms with Gasteiger partial charge >= 0.3 is 5.97 Å². The van der Waals surface area contributed by atoms with Crippen molar-refractivity contribution in [3.8, 4) is 17.1 Å². The molecule has 11 nitrogen and oxygen atoms in total. The number of aromatic nitrogens is 4. The highest BCUT2D eigenvalue weighted by atomic mass is 19.1. The first kappa shape index (κ1) is 32.7. The summed E-state index contributed by atoms with van der Waals surface area (Å²) in [6.07, 6.45) is 7.68. The molecular weight excluding hydrogens is 574 g/mol. The van der Waals surface area contributed by atoms with Gasteiger partial charge in [0.15, 0.2) is 0 Å². The summed E-state index contributed by atoms with van der Waals surface area (Å²) >= 11 is 0. The van der Waals surface area contributed by atoms with Crippen molar-refractivity contribution < 1.29 is 32.4 Å². The third-order valence-electron chi connectivity index (χ3n) is 7.52. The molecule has 1 aliphatic heterocycles. The molecule has 1 saturated heterocycles. The minimum Gasteiger partial charge on any atom is -0.493 e. The third-order valence-corrected chi connectivity index (χ3v) is 7.52. The number of nitrogens with zero attached hydrogens (tertiary/aromatic N) is 5. The highest BCUT2D eigenvalue weighted by molar-refractivity contribution is 5.97. The Morgan fingerprint density at radius 2 is 1.75 bits per heavy atom. The Labute approximate surface area is 255 Å². The molecule has 0 radical (unpaired) electrons. The molecule has 1 atom stereocenters. The van der Waals surface area contributed by atoms with Gasteiger partial charge in [-0.1, -0.05) is 32.9 Å². The van der Waals surface area contributed by atoms with E-state index in [1.807, 2.05) is 0 Å². The number of carbonyl (C=O) groups excluding carboxylic acids is 2. The number of carbonyl (C=O) groups is 2. The van der Waals surface area contributed by atoms with Gasteiger partial charge in [-0.15, -0.1) is 0 Å². The van der Waals surface area contributed by atoms with Gasteiger partial charge in [0, 0.05) is 44.0 Å². The lowest BCUT2D eigenvalue weighted by Gasteiger charge is -2.32. The van der Waals surface area contributed by atoms with E-state index in [0.29, 0.717) is 41.5 Å². The van der Waals surface area contributed by atoms with E-state index in [0.717, 1.165) is 50.9 Å². The molecule has 1 aromatic carbocycles. The third kappa shape index (κ3) is 8.48. The van der Waals surface area contributed by atoms with Crippen LogP contribution in [0.15, 0.2) is 29.0 Å². The van der Waals surface area contributed by atoms with Crippen molar-refractivity contribution in [3.05, 3.63) is 47.6 Å². The van der Waals surface area contributed by atoms with Crippen LogP contribution in [-0.4, -0.2) is 64.8 Å². The van der Waals surface area contributed by atoms with Gasteiger partial charge in [-0.05, 0) is 43.4 Å². The van der Waals surface area contributed by atoms with Crippen LogP contribution >= 0.6 is 0 Å². The van der Waals surface area contributed by atoms with Gasteiger partial charge in [-0.3, -0.25) is 4.79 Å². The maximum Gasteiger partial charge on any atom is 0.328 e. The number of hydrogen-bond donors (Lipinski definition) is 1. The number of amides is 1. The smallest absolute Gasteiger partial charge is 0.328 e. The summed E-state index contributed by atoms with van der Waals surface area (Å²) in [6.45, 7) is 9.47. The summed E-state index contributed by atoms with van der Waals surface area (Å²) in [7, 11) is 1.18. The lowest BCUT2D eigenvalue weighted by Crippen LogP contribution is -2.45. The van der Waals surface area contributed by atoms with Crippen LogP contribution in [0.4, 0.5) is 14.7 Å². The number of rotatable bonds is 13. The van der Waals surface area contributed by atoms with Gasteiger partial charge in [0.1, 0.15) is 29.0 Å². The van der Waals surface area contributed by atoms with Gasteiger partial charge in [0.05, 0.1) is 19.3 Å². The number of halogens is 2. The van der Waals surface area contributed by atoms with Crippen LogP contribution in [0.25, 0.3) is 11.4 Å². The van der Waals surface area contributed by atoms with Gasteiger partial charge in [0.2, 0.25) is 17.7 Å². The van der Waals surface area contributed by atoms with Crippen molar-refractivity contribution in [2.75, 3.05) is 31.7 Å². The van der Waals surface area contributed by atoms with Crippen molar-refractivity contribution in [1.29, 1.82) is 0 Å². The fourth-order valence-corrected chi connectivity index (χ4v) is 5.08. The van der Waals surface area contributed by atoms with E-state index < -0.39 is 35.1 Å². The van der Waals surface area contributed by atoms with Crippen LogP contribution in [0.3, 0.4) is 0 Å². The minimum atomic E-state index is -1.07. The van der Waals surface area contributed by atoms with E-state index >= 15 is 0 Å². The predicted molar refractivity (Wildman–Crippen MR) is 158 cm³/mol. The zero-order chi connectivity index (χ0) is 31.8. The molecule has 0 bridgehead atoms. The summed E-state index contributed by atoms with van der Waals surface area (Å²) in [5.41, 5.74) is -0.0683. The van der Waals surface area contributed by atoms with Gasteiger partial charge in [0.25, 0.3) is 5.91 Å². The van der Waals surface area contributed by atoms with Gasteiger partial charge in [-0.2, -0.15) is 4.98 Å².